The molecule has 0 spiro atoms. The average Bonchev–Trinajstić information content (AvgIpc) is 2.83. The summed E-state index contributed by atoms with van der Waals surface area (Å²) in [5.74, 6) is -0.897. The number of hydrogen-bond acceptors (Lipinski definition) is 3. The van der Waals surface area contributed by atoms with E-state index in [1.54, 1.807) is 0 Å². The van der Waals surface area contributed by atoms with Crippen molar-refractivity contribution in [3.8, 4) is 0 Å². The Balaban J connectivity index is 2.80. The van der Waals surface area contributed by atoms with Gasteiger partial charge in [0, 0.05) is 20.2 Å². The number of hydrogen-bond donors (Lipinski definition) is 0. The lowest BCUT2D eigenvalue weighted by atomic mass is 9.85. The highest BCUT2D eigenvalue weighted by molar-refractivity contribution is 5.81. The first-order valence-electron chi connectivity index (χ1n) is 6.49. The highest BCUT2D eigenvalue weighted by Gasteiger charge is 2.72. The summed E-state index contributed by atoms with van der Waals surface area (Å²) in [6.07, 6.45) is -13.3. The van der Waals surface area contributed by atoms with E-state index in [-0.39, 0.29) is 13.2 Å². The van der Waals surface area contributed by atoms with Gasteiger partial charge in [-0.15, -0.1) is 0 Å². The molecule has 1 aliphatic rings. The van der Waals surface area contributed by atoms with Gasteiger partial charge in [0.1, 0.15) is 6.10 Å². The molecular weight excluding hydrogens is 320 g/mol. The van der Waals surface area contributed by atoms with Gasteiger partial charge < -0.3 is 14.4 Å². The van der Waals surface area contributed by atoms with Crippen molar-refractivity contribution in [3.05, 3.63) is 0 Å². The molecule has 1 amide bonds. The van der Waals surface area contributed by atoms with Crippen LogP contribution in [0.3, 0.4) is 0 Å². The number of alkyl halides is 6. The lowest BCUT2D eigenvalue weighted by molar-refractivity contribution is -0.335. The molecule has 0 aromatic rings. The SMILES string of the molecule is COCCOC(C)C(=O)N1CCC(C(F)(F)F)(C(F)(F)F)C1. The van der Waals surface area contributed by atoms with Crippen molar-refractivity contribution in [3.63, 3.8) is 0 Å². The van der Waals surface area contributed by atoms with Gasteiger partial charge in [-0.3, -0.25) is 4.79 Å². The molecule has 1 fully saturated rings. The number of carbonyl (C=O) groups excluding carboxylic acids is 1. The van der Waals surface area contributed by atoms with E-state index in [0.29, 0.717) is 4.90 Å². The van der Waals surface area contributed by atoms with Crippen LogP contribution in [-0.4, -0.2) is 62.7 Å². The Morgan fingerprint density at radius 1 is 1.18 bits per heavy atom. The number of methoxy groups -OCH3 is 1. The Kier molecular flexibility index (Phi) is 5.71. The summed E-state index contributed by atoms with van der Waals surface area (Å²) in [6, 6.07) is 0. The Morgan fingerprint density at radius 2 is 1.73 bits per heavy atom. The van der Waals surface area contributed by atoms with Crippen LogP contribution in [0.5, 0.6) is 0 Å². The molecule has 0 aliphatic carbocycles. The van der Waals surface area contributed by atoms with E-state index < -0.39 is 49.3 Å². The summed E-state index contributed by atoms with van der Waals surface area (Å²) in [5.41, 5.74) is -3.87. The first kappa shape index (κ1) is 19.0. The zero-order valence-electron chi connectivity index (χ0n) is 12.1. The van der Waals surface area contributed by atoms with Gasteiger partial charge in [0.15, 0.2) is 5.41 Å². The molecule has 4 nitrogen and oxygen atoms in total. The summed E-state index contributed by atoms with van der Waals surface area (Å²) in [4.78, 5) is 12.5. The van der Waals surface area contributed by atoms with E-state index in [2.05, 4.69) is 4.74 Å². The van der Waals surface area contributed by atoms with Crippen LogP contribution < -0.4 is 0 Å². The number of rotatable bonds is 5. The zero-order valence-corrected chi connectivity index (χ0v) is 12.1. The molecule has 0 bridgehead atoms. The van der Waals surface area contributed by atoms with E-state index in [9.17, 15) is 31.1 Å². The normalized spacial score (nSPS) is 20.3. The Labute approximate surface area is 123 Å². The van der Waals surface area contributed by atoms with Crippen molar-refractivity contribution >= 4 is 5.91 Å². The van der Waals surface area contributed by atoms with E-state index in [0.717, 1.165) is 0 Å². The standard InChI is InChI=1S/C12H17F6NO3/c1-8(22-6-5-21-2)9(20)19-4-3-10(7-19,11(13,14)15)12(16,17)18/h8H,3-7H2,1-2H3. The highest BCUT2D eigenvalue weighted by Crippen LogP contribution is 2.55. The van der Waals surface area contributed by atoms with Crippen LogP contribution in [0.25, 0.3) is 0 Å². The lowest BCUT2D eigenvalue weighted by Gasteiger charge is -2.33. The molecule has 10 heteroatoms. The van der Waals surface area contributed by atoms with Gasteiger partial charge in [-0.1, -0.05) is 0 Å². The monoisotopic (exact) mass is 337 g/mol. The summed E-state index contributed by atoms with van der Waals surface area (Å²) in [5, 5.41) is 0. The Bertz CT molecular complexity index is 381. The van der Waals surface area contributed by atoms with Crippen molar-refractivity contribution in [2.24, 2.45) is 5.41 Å². The summed E-state index contributed by atoms with van der Waals surface area (Å²) in [7, 11) is 1.39. The number of nitrogens with zero attached hydrogens (tertiary/aromatic N) is 1. The summed E-state index contributed by atoms with van der Waals surface area (Å²) >= 11 is 0. The second kappa shape index (κ2) is 6.61. The van der Waals surface area contributed by atoms with E-state index in [4.69, 9.17) is 4.74 Å². The summed E-state index contributed by atoms with van der Waals surface area (Å²) in [6.45, 7) is -0.598. The minimum absolute atomic E-state index is 0.0148. The van der Waals surface area contributed by atoms with Gasteiger partial charge in [-0.2, -0.15) is 26.3 Å². The van der Waals surface area contributed by atoms with Crippen LogP contribution in [0.2, 0.25) is 0 Å². The molecule has 0 N–H and O–H groups in total. The van der Waals surface area contributed by atoms with Gasteiger partial charge in [0.25, 0.3) is 5.91 Å². The van der Waals surface area contributed by atoms with Gasteiger partial charge >= 0.3 is 12.4 Å². The van der Waals surface area contributed by atoms with Crippen molar-refractivity contribution in [2.75, 3.05) is 33.4 Å². The second-order valence-corrected chi connectivity index (χ2v) is 5.09. The van der Waals surface area contributed by atoms with Gasteiger partial charge in [0.2, 0.25) is 0 Å². The quantitative estimate of drug-likeness (QED) is 0.571. The van der Waals surface area contributed by atoms with Crippen LogP contribution in [0.4, 0.5) is 26.3 Å². The maximum atomic E-state index is 12.9. The van der Waals surface area contributed by atoms with Crippen molar-refractivity contribution in [1.82, 2.24) is 4.90 Å². The molecule has 0 saturated carbocycles. The predicted octanol–water partition coefficient (Wildman–Crippen LogP) is 2.38. The van der Waals surface area contributed by atoms with Gasteiger partial charge in [-0.05, 0) is 13.3 Å². The molecule has 1 rings (SSSR count). The Hall–Kier alpha value is -1.03. The molecule has 130 valence electrons. The maximum absolute atomic E-state index is 12.9. The molecule has 1 saturated heterocycles. The van der Waals surface area contributed by atoms with E-state index >= 15 is 0 Å². The average molecular weight is 337 g/mol. The molecule has 1 unspecified atom stereocenters. The summed E-state index contributed by atoms with van der Waals surface area (Å²) < 4.78 is 87.0. The van der Waals surface area contributed by atoms with Crippen LogP contribution in [0, 0.1) is 5.41 Å². The van der Waals surface area contributed by atoms with E-state index in [1.807, 2.05) is 0 Å². The number of ether oxygens (including phenoxy) is 2. The fourth-order valence-electron chi connectivity index (χ4n) is 2.26. The number of halogens is 6. The van der Waals surface area contributed by atoms with Crippen LogP contribution in [0.1, 0.15) is 13.3 Å². The highest BCUT2D eigenvalue weighted by atomic mass is 19.4. The minimum atomic E-state index is -5.47. The van der Waals surface area contributed by atoms with Crippen LogP contribution >= 0.6 is 0 Å². The zero-order chi connectivity index (χ0) is 17.2. The molecule has 1 atom stereocenters. The molecule has 0 aromatic carbocycles. The van der Waals surface area contributed by atoms with Crippen LogP contribution in [-0.2, 0) is 14.3 Å². The third-order valence-electron chi connectivity index (χ3n) is 3.67. The number of likely N-dealkylation sites (tertiary alicyclic amines) is 1. The predicted molar refractivity (Wildman–Crippen MR) is 63.0 cm³/mol. The van der Waals surface area contributed by atoms with Crippen molar-refractivity contribution < 1.29 is 40.6 Å². The minimum Gasteiger partial charge on any atom is -0.382 e. The third kappa shape index (κ3) is 3.65. The topological polar surface area (TPSA) is 38.8 Å². The number of carbonyl (C=O) groups is 1. The van der Waals surface area contributed by atoms with Gasteiger partial charge in [-0.25, -0.2) is 0 Å². The molecule has 1 aliphatic heterocycles. The lowest BCUT2D eigenvalue weighted by Crippen LogP contribution is -2.52. The molecular formula is C12H17F6NO3. The molecule has 0 radical (unpaired) electrons. The fraction of sp³-hybridized carbons (Fsp3) is 0.917. The molecule has 22 heavy (non-hydrogen) atoms. The Morgan fingerprint density at radius 3 is 2.14 bits per heavy atom. The second-order valence-electron chi connectivity index (χ2n) is 5.09. The third-order valence-corrected chi connectivity index (χ3v) is 3.67. The van der Waals surface area contributed by atoms with Crippen molar-refractivity contribution in [2.45, 2.75) is 31.8 Å². The largest absolute Gasteiger partial charge is 0.404 e. The fourth-order valence-corrected chi connectivity index (χ4v) is 2.26. The smallest absolute Gasteiger partial charge is 0.382 e. The number of amides is 1. The molecule has 0 aromatic heterocycles. The van der Waals surface area contributed by atoms with E-state index in [1.165, 1.54) is 14.0 Å². The van der Waals surface area contributed by atoms with Crippen molar-refractivity contribution in [1.29, 1.82) is 0 Å². The maximum Gasteiger partial charge on any atom is 0.404 e. The van der Waals surface area contributed by atoms with Crippen LogP contribution in [0.15, 0.2) is 0 Å². The molecule has 1 heterocycles. The first-order chi connectivity index (χ1) is 9.96. The van der Waals surface area contributed by atoms with Gasteiger partial charge in [0.05, 0.1) is 13.2 Å². The first-order valence-corrected chi connectivity index (χ1v) is 6.49.